The first-order valence-corrected chi connectivity index (χ1v) is 11.1. The Morgan fingerprint density at radius 1 is 0.900 bits per heavy atom. The molecule has 0 radical (unpaired) electrons. The maximum atomic E-state index is 13.1. The molecule has 30 heavy (non-hydrogen) atoms. The average molecular weight is 428 g/mol. The maximum absolute atomic E-state index is 13.1. The van der Waals surface area contributed by atoms with Gasteiger partial charge in [-0.15, -0.1) is 0 Å². The summed E-state index contributed by atoms with van der Waals surface area (Å²) in [6.07, 6.45) is 0.459. The molecule has 0 saturated carbocycles. The van der Waals surface area contributed by atoms with Gasteiger partial charge in [-0.1, -0.05) is 30.3 Å². The number of fused-ring (bicyclic) bond motifs is 1. The monoisotopic (exact) mass is 428 g/mol. The molecule has 3 aromatic carbocycles. The number of carbonyl (C=O) groups excluding carboxylic acids is 1. The molecule has 0 spiro atoms. The summed E-state index contributed by atoms with van der Waals surface area (Å²) in [5.74, 6) is -0.908. The lowest BCUT2D eigenvalue weighted by atomic mass is 10.0. The Hall–Kier alpha value is -2.97. The minimum atomic E-state index is -3.77. The van der Waals surface area contributed by atoms with Crippen LogP contribution in [0.2, 0.25) is 0 Å². The number of benzene rings is 3. The van der Waals surface area contributed by atoms with E-state index in [0.717, 1.165) is 17.5 Å². The number of amides is 1. The molecule has 1 amide bonds. The summed E-state index contributed by atoms with van der Waals surface area (Å²) in [7, 11) is -3.77. The standard InChI is InChI=1S/C22H21FN2O4S/c23-17-7-9-18(10-8-17)30(28,29)25-13-3-12-24(14-15-25)22(27)20-11-6-16-4-1-2-5-19(16)21(20)26/h1-2,4-11,26H,3,12-15H2. The molecule has 1 saturated heterocycles. The van der Waals surface area contributed by atoms with Crippen LogP contribution in [-0.2, 0) is 10.0 Å². The van der Waals surface area contributed by atoms with Crippen LogP contribution in [0, 0.1) is 5.82 Å². The molecule has 0 aromatic heterocycles. The van der Waals surface area contributed by atoms with Gasteiger partial charge in [0.2, 0.25) is 10.0 Å². The molecule has 4 rings (SSSR count). The normalized spacial score (nSPS) is 15.8. The van der Waals surface area contributed by atoms with Crippen LogP contribution in [0.1, 0.15) is 16.8 Å². The lowest BCUT2D eigenvalue weighted by Gasteiger charge is -2.22. The molecular formula is C22H21FN2O4S. The van der Waals surface area contributed by atoms with E-state index >= 15 is 0 Å². The van der Waals surface area contributed by atoms with Crippen LogP contribution >= 0.6 is 0 Å². The van der Waals surface area contributed by atoms with Crippen molar-refractivity contribution in [2.75, 3.05) is 26.2 Å². The number of halogens is 1. The third-order valence-electron chi connectivity index (χ3n) is 5.32. The van der Waals surface area contributed by atoms with E-state index in [2.05, 4.69) is 0 Å². The Bertz CT molecular complexity index is 1200. The number of phenolic OH excluding ortho intramolecular Hbond substituents is 1. The summed E-state index contributed by atoms with van der Waals surface area (Å²) in [5, 5.41) is 12.0. The molecule has 6 nitrogen and oxygen atoms in total. The van der Waals surface area contributed by atoms with E-state index in [1.54, 1.807) is 29.2 Å². The Morgan fingerprint density at radius 3 is 2.40 bits per heavy atom. The minimum absolute atomic E-state index is 0.0239. The van der Waals surface area contributed by atoms with Crippen LogP contribution in [-0.4, -0.2) is 54.8 Å². The smallest absolute Gasteiger partial charge is 0.257 e. The molecule has 0 unspecified atom stereocenters. The first kappa shape index (κ1) is 20.3. The molecule has 1 aliphatic heterocycles. The van der Waals surface area contributed by atoms with Gasteiger partial charge in [-0.3, -0.25) is 4.79 Å². The largest absolute Gasteiger partial charge is 0.506 e. The Kier molecular flexibility index (Phi) is 5.44. The number of hydrogen-bond donors (Lipinski definition) is 1. The highest BCUT2D eigenvalue weighted by Crippen LogP contribution is 2.30. The fourth-order valence-corrected chi connectivity index (χ4v) is 5.16. The van der Waals surface area contributed by atoms with Crippen molar-refractivity contribution in [1.82, 2.24) is 9.21 Å². The number of aromatic hydroxyl groups is 1. The molecular weight excluding hydrogens is 407 g/mol. The van der Waals surface area contributed by atoms with Gasteiger partial charge in [0, 0.05) is 31.6 Å². The highest BCUT2D eigenvalue weighted by Gasteiger charge is 2.29. The lowest BCUT2D eigenvalue weighted by Crippen LogP contribution is -2.37. The van der Waals surface area contributed by atoms with Crippen LogP contribution in [0.15, 0.2) is 65.6 Å². The van der Waals surface area contributed by atoms with E-state index in [1.807, 2.05) is 12.1 Å². The van der Waals surface area contributed by atoms with E-state index in [4.69, 9.17) is 0 Å². The summed E-state index contributed by atoms with van der Waals surface area (Å²) < 4.78 is 40.2. The quantitative estimate of drug-likeness (QED) is 0.695. The SMILES string of the molecule is O=C(c1ccc2ccccc2c1O)N1CCCN(S(=O)(=O)c2ccc(F)cc2)CC1. The van der Waals surface area contributed by atoms with E-state index in [9.17, 15) is 22.7 Å². The molecule has 1 N–H and O–H groups in total. The Balaban J connectivity index is 1.54. The van der Waals surface area contributed by atoms with Gasteiger partial charge < -0.3 is 10.0 Å². The zero-order valence-corrected chi connectivity index (χ0v) is 17.0. The molecule has 1 heterocycles. The first-order chi connectivity index (χ1) is 14.4. The van der Waals surface area contributed by atoms with Crippen LogP contribution in [0.5, 0.6) is 5.75 Å². The minimum Gasteiger partial charge on any atom is -0.506 e. The second kappa shape index (κ2) is 8.04. The third-order valence-corrected chi connectivity index (χ3v) is 7.24. The van der Waals surface area contributed by atoms with Gasteiger partial charge in [0.05, 0.1) is 10.5 Å². The second-order valence-electron chi connectivity index (χ2n) is 7.19. The van der Waals surface area contributed by atoms with Crippen molar-refractivity contribution in [2.24, 2.45) is 0 Å². The van der Waals surface area contributed by atoms with Crippen molar-refractivity contribution in [1.29, 1.82) is 0 Å². The molecule has 0 atom stereocenters. The van der Waals surface area contributed by atoms with Gasteiger partial charge in [-0.25, -0.2) is 12.8 Å². The molecule has 1 aliphatic rings. The Labute approximate surface area is 174 Å². The van der Waals surface area contributed by atoms with E-state index < -0.39 is 15.8 Å². The predicted molar refractivity (Wildman–Crippen MR) is 111 cm³/mol. The molecule has 3 aromatic rings. The number of carbonyl (C=O) groups is 1. The van der Waals surface area contributed by atoms with Crippen molar-refractivity contribution >= 4 is 26.7 Å². The van der Waals surface area contributed by atoms with Gasteiger partial charge in [0.15, 0.2) is 0 Å². The van der Waals surface area contributed by atoms with E-state index in [1.165, 1.54) is 16.4 Å². The fourth-order valence-electron chi connectivity index (χ4n) is 3.69. The van der Waals surface area contributed by atoms with Crippen LogP contribution < -0.4 is 0 Å². The third kappa shape index (κ3) is 3.76. The Morgan fingerprint density at radius 2 is 1.63 bits per heavy atom. The number of sulfonamides is 1. The number of phenols is 1. The zero-order valence-electron chi connectivity index (χ0n) is 16.2. The van der Waals surface area contributed by atoms with E-state index in [0.29, 0.717) is 18.4 Å². The number of hydrogen-bond acceptors (Lipinski definition) is 4. The van der Waals surface area contributed by atoms with Gasteiger partial charge in [0.1, 0.15) is 11.6 Å². The van der Waals surface area contributed by atoms with Gasteiger partial charge in [-0.2, -0.15) is 4.31 Å². The van der Waals surface area contributed by atoms with Crippen LogP contribution in [0.4, 0.5) is 4.39 Å². The van der Waals surface area contributed by atoms with Crippen molar-refractivity contribution in [3.8, 4) is 5.75 Å². The lowest BCUT2D eigenvalue weighted by molar-refractivity contribution is 0.0761. The average Bonchev–Trinajstić information content (AvgIpc) is 3.01. The van der Waals surface area contributed by atoms with Gasteiger partial charge >= 0.3 is 0 Å². The summed E-state index contributed by atoms with van der Waals surface area (Å²) in [6, 6.07) is 15.3. The van der Waals surface area contributed by atoms with Crippen molar-refractivity contribution in [3.63, 3.8) is 0 Å². The van der Waals surface area contributed by atoms with Crippen molar-refractivity contribution in [3.05, 3.63) is 72.0 Å². The van der Waals surface area contributed by atoms with Gasteiger partial charge in [0.25, 0.3) is 5.91 Å². The molecule has 0 aliphatic carbocycles. The summed E-state index contributed by atoms with van der Waals surface area (Å²) in [6.45, 7) is 0.957. The summed E-state index contributed by atoms with van der Waals surface area (Å²) in [4.78, 5) is 14.6. The fraction of sp³-hybridized carbons (Fsp3) is 0.227. The second-order valence-corrected chi connectivity index (χ2v) is 9.12. The maximum Gasteiger partial charge on any atom is 0.257 e. The number of rotatable bonds is 3. The number of nitrogens with zero attached hydrogens (tertiary/aromatic N) is 2. The van der Waals surface area contributed by atoms with Crippen molar-refractivity contribution < 1.29 is 22.7 Å². The molecule has 8 heteroatoms. The summed E-state index contributed by atoms with van der Waals surface area (Å²) in [5.41, 5.74) is 0.198. The van der Waals surface area contributed by atoms with E-state index in [-0.39, 0.29) is 41.7 Å². The highest BCUT2D eigenvalue weighted by molar-refractivity contribution is 7.89. The highest BCUT2D eigenvalue weighted by atomic mass is 32.2. The predicted octanol–water partition coefficient (Wildman–Crippen LogP) is 3.22. The van der Waals surface area contributed by atoms with Crippen LogP contribution in [0.3, 0.4) is 0 Å². The first-order valence-electron chi connectivity index (χ1n) is 9.63. The van der Waals surface area contributed by atoms with Crippen molar-refractivity contribution in [2.45, 2.75) is 11.3 Å². The molecule has 0 bridgehead atoms. The zero-order chi connectivity index (χ0) is 21.3. The van der Waals surface area contributed by atoms with Crippen LogP contribution in [0.25, 0.3) is 10.8 Å². The molecule has 156 valence electrons. The van der Waals surface area contributed by atoms with Gasteiger partial charge in [-0.05, 0) is 42.1 Å². The summed E-state index contributed by atoms with van der Waals surface area (Å²) >= 11 is 0. The molecule has 1 fully saturated rings. The topological polar surface area (TPSA) is 77.9 Å².